The van der Waals surface area contributed by atoms with E-state index in [0.29, 0.717) is 11.1 Å². The average Bonchev–Trinajstić information content (AvgIpc) is 2.29. The molecule has 2 heteroatoms. The first-order valence-corrected chi connectivity index (χ1v) is 4.42. The third kappa shape index (κ3) is 3.68. The molecule has 0 bridgehead atoms. The first kappa shape index (κ1) is 11.0. The van der Waals surface area contributed by atoms with Crippen molar-refractivity contribution in [3.8, 4) is 24.2 Å². The predicted molar refractivity (Wildman–Crippen MR) is 58.4 cm³/mol. The summed E-state index contributed by atoms with van der Waals surface area (Å²) in [7, 11) is 0. The highest BCUT2D eigenvalue weighted by Crippen LogP contribution is 2.03. The van der Waals surface area contributed by atoms with E-state index in [-0.39, 0.29) is 13.2 Å². The van der Waals surface area contributed by atoms with Crippen LogP contribution in [0.4, 0.5) is 0 Å². The van der Waals surface area contributed by atoms with Crippen molar-refractivity contribution >= 4 is 6.29 Å². The Labute approximate surface area is 89.3 Å². The summed E-state index contributed by atoms with van der Waals surface area (Å²) in [5.41, 5.74) is 1.29. The maximum atomic E-state index is 10.6. The molecule has 0 aliphatic heterocycles. The van der Waals surface area contributed by atoms with Gasteiger partial charge in [0.2, 0.25) is 0 Å². The number of ether oxygens (including phenoxy) is 1. The van der Waals surface area contributed by atoms with Gasteiger partial charge in [-0.05, 0) is 6.07 Å². The van der Waals surface area contributed by atoms with Gasteiger partial charge in [0, 0.05) is 11.1 Å². The zero-order valence-corrected chi connectivity index (χ0v) is 8.19. The molecule has 0 unspecified atom stereocenters. The van der Waals surface area contributed by atoms with Crippen LogP contribution in [0.25, 0.3) is 0 Å². The maximum absolute atomic E-state index is 10.6. The number of hydrogen-bond acceptors (Lipinski definition) is 2. The fourth-order valence-electron chi connectivity index (χ4n) is 1.01. The summed E-state index contributed by atoms with van der Waals surface area (Å²) in [6.45, 7) is 0.529. The van der Waals surface area contributed by atoms with Crippen molar-refractivity contribution in [3.05, 3.63) is 35.4 Å². The van der Waals surface area contributed by atoms with Crippen LogP contribution in [0.5, 0.6) is 0 Å². The van der Waals surface area contributed by atoms with Gasteiger partial charge in [-0.15, -0.1) is 6.42 Å². The molecular formula is C13H10O2. The zero-order valence-electron chi connectivity index (χ0n) is 8.19. The lowest BCUT2D eigenvalue weighted by Crippen LogP contribution is -1.91. The minimum atomic E-state index is 0.254. The summed E-state index contributed by atoms with van der Waals surface area (Å²) >= 11 is 0. The van der Waals surface area contributed by atoms with E-state index >= 15 is 0 Å². The molecule has 0 radical (unpaired) electrons. The highest BCUT2D eigenvalue weighted by molar-refractivity contribution is 5.79. The molecule has 0 heterocycles. The van der Waals surface area contributed by atoms with Gasteiger partial charge >= 0.3 is 0 Å². The Morgan fingerprint density at radius 1 is 1.33 bits per heavy atom. The van der Waals surface area contributed by atoms with E-state index < -0.39 is 0 Å². The normalized spacial score (nSPS) is 8.47. The molecule has 0 spiro atoms. The molecule has 15 heavy (non-hydrogen) atoms. The Morgan fingerprint density at radius 3 is 2.87 bits per heavy atom. The van der Waals surface area contributed by atoms with Crippen LogP contribution in [0.3, 0.4) is 0 Å². The highest BCUT2D eigenvalue weighted by Gasteiger charge is 1.94. The number of rotatable bonds is 3. The second-order valence-corrected chi connectivity index (χ2v) is 2.70. The van der Waals surface area contributed by atoms with Gasteiger partial charge in [0.05, 0.1) is 0 Å². The van der Waals surface area contributed by atoms with Crippen LogP contribution in [0.1, 0.15) is 15.9 Å². The lowest BCUT2D eigenvalue weighted by atomic mass is 10.1. The van der Waals surface area contributed by atoms with Gasteiger partial charge < -0.3 is 4.74 Å². The fourth-order valence-corrected chi connectivity index (χ4v) is 1.01. The van der Waals surface area contributed by atoms with Gasteiger partial charge in [-0.25, -0.2) is 0 Å². The summed E-state index contributed by atoms with van der Waals surface area (Å²) in [6.07, 6.45) is 5.78. The average molecular weight is 198 g/mol. The van der Waals surface area contributed by atoms with Crippen LogP contribution in [0.15, 0.2) is 24.3 Å². The Balaban J connectivity index is 2.63. The lowest BCUT2D eigenvalue weighted by Gasteiger charge is -1.94. The minimum Gasteiger partial charge on any atom is -0.356 e. The van der Waals surface area contributed by atoms with Crippen molar-refractivity contribution in [3.63, 3.8) is 0 Å². The Kier molecular flexibility index (Phi) is 4.73. The van der Waals surface area contributed by atoms with Gasteiger partial charge in [-0.3, -0.25) is 4.79 Å². The summed E-state index contributed by atoms with van der Waals surface area (Å²) in [5, 5.41) is 0. The number of terminal acetylenes is 1. The standard InChI is InChI=1S/C13H10O2/c1-2-9-15-10-5-8-12-6-3-4-7-13(12)11-14/h1,3-4,6-7,11H,9-10H2. The Bertz CT molecular complexity index is 430. The number of benzene rings is 1. The van der Waals surface area contributed by atoms with E-state index in [4.69, 9.17) is 11.2 Å². The van der Waals surface area contributed by atoms with Gasteiger partial charge in [0.1, 0.15) is 13.2 Å². The molecule has 0 N–H and O–H groups in total. The van der Waals surface area contributed by atoms with Crippen molar-refractivity contribution in [2.24, 2.45) is 0 Å². The van der Waals surface area contributed by atoms with E-state index in [1.54, 1.807) is 18.2 Å². The number of aldehydes is 1. The van der Waals surface area contributed by atoms with E-state index in [2.05, 4.69) is 17.8 Å². The van der Waals surface area contributed by atoms with Gasteiger partial charge in [0.15, 0.2) is 6.29 Å². The quantitative estimate of drug-likeness (QED) is 0.418. The second kappa shape index (κ2) is 6.43. The molecular weight excluding hydrogens is 188 g/mol. The van der Waals surface area contributed by atoms with E-state index in [1.165, 1.54) is 0 Å². The highest BCUT2D eigenvalue weighted by atomic mass is 16.5. The van der Waals surface area contributed by atoms with Crippen molar-refractivity contribution in [1.29, 1.82) is 0 Å². The van der Waals surface area contributed by atoms with E-state index in [9.17, 15) is 4.79 Å². The van der Waals surface area contributed by atoms with Gasteiger partial charge in [-0.1, -0.05) is 36.0 Å². The Hall–Kier alpha value is -2.03. The predicted octanol–water partition coefficient (Wildman–Crippen LogP) is 1.50. The topological polar surface area (TPSA) is 26.3 Å². The van der Waals surface area contributed by atoms with Crippen LogP contribution < -0.4 is 0 Å². The molecule has 0 aromatic heterocycles. The third-order valence-electron chi connectivity index (χ3n) is 1.67. The summed E-state index contributed by atoms with van der Waals surface area (Å²) < 4.78 is 4.98. The zero-order chi connectivity index (χ0) is 10.9. The van der Waals surface area contributed by atoms with Crippen LogP contribution in [-0.4, -0.2) is 19.5 Å². The fraction of sp³-hybridized carbons (Fsp3) is 0.154. The summed E-state index contributed by atoms with van der Waals surface area (Å²) in [6, 6.07) is 7.14. The Morgan fingerprint density at radius 2 is 2.13 bits per heavy atom. The SMILES string of the molecule is C#CCOCC#Cc1ccccc1C=O. The van der Waals surface area contributed by atoms with Crippen molar-refractivity contribution in [2.45, 2.75) is 0 Å². The monoisotopic (exact) mass is 198 g/mol. The van der Waals surface area contributed by atoms with Gasteiger partial charge in [-0.2, -0.15) is 0 Å². The van der Waals surface area contributed by atoms with Crippen LogP contribution in [0.2, 0.25) is 0 Å². The second-order valence-electron chi connectivity index (χ2n) is 2.70. The molecule has 0 saturated carbocycles. The van der Waals surface area contributed by atoms with E-state index in [0.717, 1.165) is 6.29 Å². The molecule has 2 nitrogen and oxygen atoms in total. The molecule has 1 rings (SSSR count). The van der Waals surface area contributed by atoms with Crippen molar-refractivity contribution in [2.75, 3.05) is 13.2 Å². The molecule has 0 aliphatic rings. The van der Waals surface area contributed by atoms with E-state index in [1.807, 2.05) is 6.07 Å². The number of hydrogen-bond donors (Lipinski definition) is 0. The minimum absolute atomic E-state index is 0.254. The molecule has 0 fully saturated rings. The molecule has 1 aromatic rings. The molecule has 74 valence electrons. The van der Waals surface area contributed by atoms with Crippen LogP contribution in [-0.2, 0) is 4.74 Å². The summed E-state index contributed by atoms with van der Waals surface area (Å²) in [4.78, 5) is 10.6. The molecule has 1 aromatic carbocycles. The first-order valence-electron chi connectivity index (χ1n) is 4.42. The van der Waals surface area contributed by atoms with Crippen molar-refractivity contribution < 1.29 is 9.53 Å². The summed E-state index contributed by atoms with van der Waals surface area (Å²) in [5.74, 6) is 7.98. The largest absolute Gasteiger partial charge is 0.356 e. The molecule has 0 aliphatic carbocycles. The maximum Gasteiger partial charge on any atom is 0.151 e. The van der Waals surface area contributed by atoms with Crippen molar-refractivity contribution in [1.82, 2.24) is 0 Å². The molecule has 0 saturated heterocycles. The number of carbonyl (C=O) groups excluding carboxylic acids is 1. The lowest BCUT2D eigenvalue weighted by molar-refractivity contribution is 0.112. The smallest absolute Gasteiger partial charge is 0.151 e. The molecule has 0 amide bonds. The third-order valence-corrected chi connectivity index (χ3v) is 1.67. The molecule has 0 atom stereocenters. The number of carbonyl (C=O) groups is 1. The first-order chi connectivity index (χ1) is 7.38. The van der Waals surface area contributed by atoms with Crippen LogP contribution in [0, 0.1) is 24.2 Å². The van der Waals surface area contributed by atoms with Crippen LogP contribution >= 0.6 is 0 Å². The van der Waals surface area contributed by atoms with Gasteiger partial charge in [0.25, 0.3) is 0 Å².